The minimum atomic E-state index is -2.43. The van der Waals surface area contributed by atoms with Gasteiger partial charge in [-0.3, -0.25) is 38.6 Å². The number of aliphatic hydroxyl groups is 7. The minimum absolute atomic E-state index is 0.00697. The van der Waals surface area contributed by atoms with Gasteiger partial charge in [-0.2, -0.15) is 0 Å². The van der Waals surface area contributed by atoms with Crippen molar-refractivity contribution in [2.75, 3.05) is 85.3 Å². The van der Waals surface area contributed by atoms with Gasteiger partial charge in [0, 0.05) is 70.9 Å². The van der Waals surface area contributed by atoms with Crippen molar-refractivity contribution >= 4 is 121 Å². The highest BCUT2D eigenvalue weighted by atomic mass is 31.2. The first-order valence-corrected chi connectivity index (χ1v) is 47.8. The van der Waals surface area contributed by atoms with Crippen LogP contribution in [0.2, 0.25) is 0 Å². The molecule has 0 aromatic carbocycles. The Bertz CT molecular complexity index is 5340. The van der Waals surface area contributed by atoms with Crippen LogP contribution in [0.1, 0.15) is 84.2 Å². The standard InChI is InChI=1S/C14H22N4O3P2.C13H20N4O5P2.C13H19N4O5P.C11H15N4O3P.C10H11N4OP.C3H9O2P/c1-8-4-10(18(22)14(8)21-7-23(2,3)20)9-5-15-12-11(9)16-6-17-13(12)19;1-24(2,21)5-22-13-11(19)10(18)9(17(13)23)6-3-14-8-7(6)15-4-16-12(8)20;1-23(2,21)5-22-13-11(19)10(18)8(17-13)6-3-14-9-7(6)15-4-16-12(9)20;16-3-7-8(17)1-6(15(7)19)5-2-12-10-9(5)13-4-14-11(10)18;15-10-9-8(12-5-13-10)6(4-11-9)7-2-1-3-14(7)16;1-6(2,5)3-4/h5-6,8,10,14-15H,4,7,22H2,1-3H3,(H,16,17,19);3-4,9-11,13-14,18-19H,5,23H2,1-2H3,(H,15,16,20);3-4,8,10-11,13-14,17-19H,5H2,1-2H3,(H,15,16,20);2,4,6-8,12,16-17H,1,3,19H2,(H,13,14,18);1,3-5,7,11H,2,16H2,(H,12,13,15);4H,3H2,1-2H3/t8-,10+,14+;9-,10-,11-,13+;8-,10-,11-,13+;6-,7-,8+;7-;/m00011./s1. The van der Waals surface area contributed by atoms with E-state index < -0.39 is 83.6 Å². The first-order valence-electron chi connectivity index (χ1n) is 34.6. The first kappa shape index (κ1) is 87.1. The molecule has 19 atom stereocenters. The number of aromatic nitrogens is 15. The molecule has 0 saturated carbocycles. The van der Waals surface area contributed by atoms with Gasteiger partial charge in [0.1, 0.15) is 146 Å². The molecular weight excluding hydrogens is 1600 g/mol. The van der Waals surface area contributed by atoms with Crippen LogP contribution in [-0.2, 0) is 32.5 Å². The second-order valence-corrected chi connectivity index (χ2v) is 45.3. The van der Waals surface area contributed by atoms with Crippen LogP contribution < -0.4 is 33.1 Å². The van der Waals surface area contributed by atoms with Crippen LogP contribution in [0.3, 0.4) is 0 Å². The van der Waals surface area contributed by atoms with E-state index in [-0.39, 0.29) is 96.1 Å². The van der Waals surface area contributed by atoms with Crippen molar-refractivity contribution in [3.05, 3.63) is 154 Å². The number of aliphatic hydroxyl groups excluding tert-OH is 7. The number of hydrogen-bond donors (Lipinski definition) is 18. The number of nitrogens with one attached hydrogen (secondary N) is 11. The van der Waals surface area contributed by atoms with Gasteiger partial charge in [0.25, 0.3) is 27.8 Å². The van der Waals surface area contributed by atoms with E-state index in [1.807, 2.05) is 27.9 Å². The summed E-state index contributed by atoms with van der Waals surface area (Å²) in [6.45, 7) is 14.9. The maximum absolute atomic E-state index is 11.9. The molecule has 4 saturated heterocycles. The Morgan fingerprint density at radius 1 is 0.450 bits per heavy atom. The number of hydrogen-bond acceptors (Lipinski definition) is 29. The van der Waals surface area contributed by atoms with Gasteiger partial charge >= 0.3 is 0 Å². The third kappa shape index (κ3) is 20.3. The van der Waals surface area contributed by atoms with Crippen LogP contribution in [0.25, 0.3) is 55.2 Å². The highest BCUT2D eigenvalue weighted by molar-refractivity contribution is 7.63. The van der Waals surface area contributed by atoms with Crippen LogP contribution in [0.5, 0.6) is 0 Å². The highest BCUT2D eigenvalue weighted by Gasteiger charge is 2.50. The van der Waals surface area contributed by atoms with Crippen molar-refractivity contribution in [2.24, 2.45) is 5.92 Å². The highest BCUT2D eigenvalue weighted by Crippen LogP contribution is 2.48. The van der Waals surface area contributed by atoms with Crippen LogP contribution >= 0.6 is 66.1 Å². The normalized spacial score (nSPS) is 25.9. The molecule has 0 aliphatic carbocycles. The largest absolute Gasteiger partial charge is 0.395 e. The monoisotopic (exact) mass is 1700 g/mol. The molecule has 18 N–H and O–H groups in total. The van der Waals surface area contributed by atoms with Crippen LogP contribution in [0, 0.1) is 5.92 Å². The lowest BCUT2D eigenvalue weighted by Crippen LogP contribution is -2.35. The molecule has 0 bridgehead atoms. The molecule has 0 spiro atoms. The summed E-state index contributed by atoms with van der Waals surface area (Å²) in [6, 6.07) is -1.40. The number of nitrogens with zero attached hydrogens (tertiary/aromatic N) is 9. The van der Waals surface area contributed by atoms with Crippen molar-refractivity contribution in [3.8, 4) is 0 Å². The molecule has 47 heteroatoms. The molecule has 39 nitrogen and oxygen atoms in total. The maximum atomic E-state index is 11.9. The van der Waals surface area contributed by atoms with Crippen molar-refractivity contribution in [1.29, 1.82) is 0 Å². The van der Waals surface area contributed by atoms with Gasteiger partial charge in [0.05, 0.1) is 74.9 Å². The summed E-state index contributed by atoms with van der Waals surface area (Å²) in [5.74, 6) is 0.288. The predicted octanol–water partition coefficient (Wildman–Crippen LogP) is 3.30. The number of ether oxygens (including phenoxy) is 3. The van der Waals surface area contributed by atoms with Crippen molar-refractivity contribution in [1.82, 2.24) is 98.8 Å². The minimum Gasteiger partial charge on any atom is -0.395 e. The van der Waals surface area contributed by atoms with Gasteiger partial charge in [0.2, 0.25) is 0 Å². The topological polar surface area (TPSA) is 570 Å². The molecule has 5 aliphatic rings. The second kappa shape index (κ2) is 36.3. The molecule has 15 heterocycles. The molecule has 4 fully saturated rings. The van der Waals surface area contributed by atoms with E-state index in [0.717, 1.165) is 35.0 Å². The van der Waals surface area contributed by atoms with Gasteiger partial charge in [-0.1, -0.05) is 41.2 Å². The second-order valence-electron chi connectivity index (χ2n) is 29.3. The van der Waals surface area contributed by atoms with E-state index in [9.17, 15) is 72.9 Å². The number of rotatable bonds is 16. The zero-order valence-electron chi connectivity index (χ0n) is 61.9. The Labute approximate surface area is 642 Å². The summed E-state index contributed by atoms with van der Waals surface area (Å²) in [7, 11) is 1.17. The SMILES string of the molecule is CP(C)(=O)CO.CP(C)(=O)CO[C@@H]1[C@@H](O)[C@@H](O)[C@H](c2c[nH]c3c(=O)[nH]cnc23)N1P.CP(C)(=O)CO[C@H]1N[C@@H](c2c[nH]c3c(=O)[nH]cnc23)[C@H](O)[C@@H]1O.C[C@H]1C[C@H](c2c[nH]c3c(=O)[nH]cnc23)N(P)[C@@H]1OCP(C)(C)=O.O=c1[nH]cnc2c([C@H]3CC=CN3P)c[nH]c12.O=c1[nH]cnc2c([C@H]3C[C@H](O)[C@@H](CO)N3P)c[nH]c12. The Kier molecular flexibility index (Phi) is 28.5. The molecule has 0 amide bonds. The number of H-pyrrole nitrogens is 10. The molecule has 15 rings (SSSR count). The summed E-state index contributed by atoms with van der Waals surface area (Å²) in [5.41, 5.74) is 7.79. The predicted molar refractivity (Wildman–Crippen MR) is 434 cm³/mol. The molecule has 4 unspecified atom stereocenters. The number of aromatic amines is 10. The summed E-state index contributed by atoms with van der Waals surface area (Å²) >= 11 is 0. The fourth-order valence-electron chi connectivity index (χ4n) is 13.3. The van der Waals surface area contributed by atoms with E-state index in [0.29, 0.717) is 67.2 Å². The zero-order valence-corrected chi connectivity index (χ0v) is 70.1. The quantitative estimate of drug-likeness (QED) is 0.0617. The summed E-state index contributed by atoms with van der Waals surface area (Å²) in [5, 5.41) is 71.5. The van der Waals surface area contributed by atoms with Crippen molar-refractivity contribution in [3.63, 3.8) is 0 Å². The molecule has 5 aliphatic heterocycles. The lowest BCUT2D eigenvalue weighted by molar-refractivity contribution is -0.0644. The van der Waals surface area contributed by atoms with E-state index in [1.165, 1.54) is 31.6 Å². The molecule has 10 aromatic heterocycles. The third-order valence-corrected chi connectivity index (χ3v) is 24.3. The average Bonchev–Trinajstić information content (AvgIpc) is 1.63. The van der Waals surface area contributed by atoms with E-state index >= 15 is 0 Å². The van der Waals surface area contributed by atoms with Crippen molar-refractivity contribution in [2.45, 2.75) is 112 Å². The summed E-state index contributed by atoms with van der Waals surface area (Å²) < 4.78 is 70.2. The van der Waals surface area contributed by atoms with Gasteiger partial charge < -0.3 is 123 Å². The molecular formula is C64H96N20O19P8. The lowest BCUT2D eigenvalue weighted by Gasteiger charge is -2.27. The van der Waals surface area contributed by atoms with Crippen LogP contribution in [0.15, 0.2) is 98.9 Å². The Hall–Kier alpha value is -6.28. The van der Waals surface area contributed by atoms with Gasteiger partial charge in [-0.15, -0.1) is 0 Å². The lowest BCUT2D eigenvalue weighted by atomic mass is 10.0. The van der Waals surface area contributed by atoms with Crippen LogP contribution in [0.4, 0.5) is 0 Å². The first-order chi connectivity index (χ1) is 52.2. The molecule has 111 heavy (non-hydrogen) atoms. The molecule has 0 radical (unpaired) electrons. The van der Waals surface area contributed by atoms with Crippen LogP contribution in [-0.4, -0.2) is 270 Å². The van der Waals surface area contributed by atoms with E-state index in [1.54, 1.807) is 76.6 Å². The number of fused-ring (bicyclic) bond motifs is 5. The van der Waals surface area contributed by atoms with E-state index in [2.05, 4.69) is 135 Å². The van der Waals surface area contributed by atoms with Gasteiger partial charge in [-0.25, -0.2) is 29.6 Å². The summed E-state index contributed by atoms with van der Waals surface area (Å²) in [6.07, 6.45) is 14.8. The van der Waals surface area contributed by atoms with Gasteiger partial charge in [-0.05, 0) is 94.1 Å². The third-order valence-electron chi connectivity index (χ3n) is 18.7. The van der Waals surface area contributed by atoms with E-state index in [4.69, 9.17) is 19.3 Å². The Morgan fingerprint density at radius 3 is 1.21 bits per heavy atom. The smallest absolute Gasteiger partial charge is 0.275 e. The fourth-order valence-corrected chi connectivity index (χ4v) is 17.1. The fraction of sp³-hybridized carbons (Fsp3) is 0.500. The average molecular weight is 1700 g/mol. The Morgan fingerprint density at radius 2 is 0.820 bits per heavy atom. The molecule has 10 aromatic rings. The molecule has 606 valence electrons. The maximum Gasteiger partial charge on any atom is 0.275 e. The summed E-state index contributed by atoms with van der Waals surface area (Å²) in [4.78, 5) is 107. The Balaban J connectivity index is 0.000000145. The van der Waals surface area contributed by atoms with Crippen molar-refractivity contribution < 1.29 is 68.2 Å². The van der Waals surface area contributed by atoms with Gasteiger partial charge in [0.15, 0.2) is 0 Å². The zero-order chi connectivity index (χ0) is 81.1.